The largest absolute Gasteiger partial charge is 0.481 e. The minimum atomic E-state index is -0.820. The molecule has 1 aliphatic carbocycles. The Morgan fingerprint density at radius 2 is 1.59 bits per heavy atom. The lowest BCUT2D eigenvalue weighted by Crippen LogP contribution is -2.37. The Bertz CT molecular complexity index is 1440. The molecule has 1 saturated carbocycles. The molecule has 1 fully saturated rings. The van der Waals surface area contributed by atoms with E-state index in [0.717, 1.165) is 18.2 Å². The van der Waals surface area contributed by atoms with Gasteiger partial charge in [-0.15, -0.1) is 0 Å². The van der Waals surface area contributed by atoms with Crippen LogP contribution in [0.3, 0.4) is 0 Å². The molecule has 1 N–H and O–H groups in total. The van der Waals surface area contributed by atoms with Crippen molar-refractivity contribution in [2.24, 2.45) is 5.92 Å². The third-order valence-electron chi connectivity index (χ3n) is 7.18. The van der Waals surface area contributed by atoms with Gasteiger partial charge in [-0.25, -0.2) is 8.78 Å². The maximum atomic E-state index is 14.1. The lowest BCUT2D eigenvalue weighted by Gasteiger charge is -2.31. The number of benzene rings is 1. The number of halogens is 4. The lowest BCUT2D eigenvalue weighted by atomic mass is 9.84. The molecule has 4 rings (SSSR count). The number of carboxylic acids is 1. The average Bonchev–Trinajstić information content (AvgIpc) is 3.33. The number of Topliss-reactive ketones (excluding diaryl/α,β-unsaturated/α-hetero) is 1. The smallest absolute Gasteiger partial charge is 0.306 e. The predicted molar refractivity (Wildman–Crippen MR) is 149 cm³/mol. The van der Waals surface area contributed by atoms with Crippen LogP contribution in [0.4, 0.5) is 8.78 Å². The molecule has 0 unspecified atom stereocenters. The van der Waals surface area contributed by atoms with Crippen molar-refractivity contribution in [2.45, 2.75) is 64.5 Å². The van der Waals surface area contributed by atoms with Gasteiger partial charge in [-0.2, -0.15) is 5.10 Å². The van der Waals surface area contributed by atoms with Crippen LogP contribution in [0.2, 0.25) is 10.0 Å². The number of carbonyl (C=O) groups excluding carboxylic acids is 2. The molecule has 0 bridgehead atoms. The van der Waals surface area contributed by atoms with Gasteiger partial charge in [-0.3, -0.25) is 24.0 Å². The van der Waals surface area contributed by atoms with E-state index in [-0.39, 0.29) is 39.3 Å². The number of hydrogen-bond donors (Lipinski definition) is 1. The number of aromatic nitrogens is 3. The van der Waals surface area contributed by atoms with Gasteiger partial charge in [0.05, 0.1) is 51.6 Å². The van der Waals surface area contributed by atoms with E-state index in [9.17, 15) is 28.3 Å². The van der Waals surface area contributed by atoms with Crippen molar-refractivity contribution >= 4 is 40.9 Å². The minimum absolute atomic E-state index is 0.00635. The van der Waals surface area contributed by atoms with Crippen LogP contribution in [-0.2, 0) is 16.8 Å². The second kappa shape index (κ2) is 12.2. The second-order valence-corrected chi connectivity index (χ2v) is 12.1. The Kier molecular flexibility index (Phi) is 9.13. The zero-order chi connectivity index (χ0) is 30.1. The fraction of sp³-hybridized carbons (Fsp3) is 0.414. The summed E-state index contributed by atoms with van der Waals surface area (Å²) < 4.78 is 29.9. The number of hydrogen-bond acceptors (Lipinski definition) is 5. The first-order valence-electron chi connectivity index (χ1n) is 13.1. The standard InChI is InChI=1S/C29H30Cl2F2N4O4/c1-29(2,3)26-21(11-35-37(26)20-6-4-17(5-7-20)28(40)41)27(39)36(14-16-8-18(32)10-19(33)9-16)15-24(38)25-22(30)12-34-13-23(25)31/h8-13,17,20H,4-7,14-15H2,1-3H3,(H,40,41). The molecule has 0 aliphatic heterocycles. The number of amides is 1. The van der Waals surface area contributed by atoms with Crippen LogP contribution in [-0.4, -0.2) is 49.0 Å². The topological polar surface area (TPSA) is 105 Å². The molecular weight excluding hydrogens is 577 g/mol. The number of pyridine rings is 1. The number of carbonyl (C=O) groups is 3. The summed E-state index contributed by atoms with van der Waals surface area (Å²) in [6.45, 7) is 5.01. The SMILES string of the molecule is CC(C)(C)c1c(C(=O)N(CC(=O)c2c(Cl)cncc2Cl)Cc2cc(F)cc(F)c2)cnn1C1CCC(C(=O)O)CC1. The molecular formula is C29H30Cl2F2N4O4. The van der Waals surface area contributed by atoms with Gasteiger partial charge < -0.3 is 10.0 Å². The summed E-state index contributed by atoms with van der Waals surface area (Å²) in [5, 5.41) is 14.0. The molecule has 3 aromatic rings. The highest BCUT2D eigenvalue weighted by Gasteiger charge is 2.35. The Balaban J connectivity index is 1.73. The predicted octanol–water partition coefficient (Wildman–Crippen LogP) is 6.50. The van der Waals surface area contributed by atoms with Crippen molar-refractivity contribution in [2.75, 3.05) is 6.54 Å². The van der Waals surface area contributed by atoms with E-state index in [2.05, 4.69) is 10.1 Å². The van der Waals surface area contributed by atoms with Crippen LogP contribution in [0.25, 0.3) is 0 Å². The van der Waals surface area contributed by atoms with Gasteiger partial charge in [0.25, 0.3) is 5.91 Å². The summed E-state index contributed by atoms with van der Waals surface area (Å²) in [5.74, 6) is -4.03. The highest BCUT2D eigenvalue weighted by atomic mass is 35.5. The van der Waals surface area contributed by atoms with Crippen LogP contribution in [0.15, 0.2) is 36.8 Å². The summed E-state index contributed by atoms with van der Waals surface area (Å²) in [7, 11) is 0. The maximum absolute atomic E-state index is 14.1. The molecule has 2 aromatic heterocycles. The molecule has 2 heterocycles. The van der Waals surface area contributed by atoms with Gasteiger partial charge in [0.15, 0.2) is 5.78 Å². The molecule has 218 valence electrons. The fourth-order valence-corrected chi connectivity index (χ4v) is 5.91. The van der Waals surface area contributed by atoms with E-state index in [1.165, 1.54) is 23.5 Å². The van der Waals surface area contributed by atoms with Gasteiger partial charge in [-0.1, -0.05) is 44.0 Å². The van der Waals surface area contributed by atoms with E-state index >= 15 is 0 Å². The summed E-state index contributed by atoms with van der Waals surface area (Å²) in [6.07, 6.45) is 6.10. The van der Waals surface area contributed by atoms with Crippen molar-refractivity contribution in [3.05, 3.63) is 80.9 Å². The van der Waals surface area contributed by atoms with E-state index in [0.29, 0.717) is 31.4 Å². The van der Waals surface area contributed by atoms with E-state index in [4.69, 9.17) is 23.2 Å². The van der Waals surface area contributed by atoms with Crippen molar-refractivity contribution in [3.8, 4) is 0 Å². The van der Waals surface area contributed by atoms with Gasteiger partial charge in [0.2, 0.25) is 0 Å². The van der Waals surface area contributed by atoms with Crippen LogP contribution in [0.5, 0.6) is 0 Å². The number of rotatable bonds is 8. The van der Waals surface area contributed by atoms with Gasteiger partial charge in [-0.05, 0) is 43.4 Å². The number of aliphatic carboxylic acids is 1. The quantitative estimate of drug-likeness (QED) is 0.293. The molecule has 8 nitrogen and oxygen atoms in total. The average molecular weight is 607 g/mol. The molecule has 0 atom stereocenters. The first-order valence-corrected chi connectivity index (χ1v) is 13.9. The normalized spacial score (nSPS) is 17.3. The molecule has 41 heavy (non-hydrogen) atoms. The first-order chi connectivity index (χ1) is 19.3. The molecule has 0 spiro atoms. The molecule has 1 amide bonds. The summed E-state index contributed by atoms with van der Waals surface area (Å²) >= 11 is 12.4. The van der Waals surface area contributed by atoms with Crippen LogP contribution in [0.1, 0.15) is 84.5 Å². The summed E-state index contributed by atoms with van der Waals surface area (Å²) in [4.78, 5) is 44.0. The fourth-order valence-electron chi connectivity index (χ4n) is 5.33. The Hall–Kier alpha value is -3.37. The number of ketones is 1. The maximum Gasteiger partial charge on any atom is 0.306 e. The van der Waals surface area contributed by atoms with Crippen LogP contribution < -0.4 is 0 Å². The van der Waals surface area contributed by atoms with Crippen molar-refractivity contribution in [1.29, 1.82) is 0 Å². The van der Waals surface area contributed by atoms with Crippen molar-refractivity contribution in [1.82, 2.24) is 19.7 Å². The Morgan fingerprint density at radius 3 is 2.12 bits per heavy atom. The molecule has 0 radical (unpaired) electrons. The highest BCUT2D eigenvalue weighted by molar-refractivity contribution is 6.39. The Morgan fingerprint density at radius 1 is 1.00 bits per heavy atom. The second-order valence-electron chi connectivity index (χ2n) is 11.3. The van der Waals surface area contributed by atoms with E-state index in [1.54, 1.807) is 4.68 Å². The summed E-state index contributed by atoms with van der Waals surface area (Å²) in [5.41, 5.74) is 0.406. The molecule has 12 heteroatoms. The van der Waals surface area contributed by atoms with Crippen LogP contribution in [0, 0.1) is 17.6 Å². The third kappa shape index (κ3) is 6.93. The zero-order valence-corrected chi connectivity index (χ0v) is 24.3. The number of carboxylic acid groups (broad SMARTS) is 1. The van der Waals surface area contributed by atoms with Crippen molar-refractivity contribution in [3.63, 3.8) is 0 Å². The molecule has 1 aliphatic rings. The zero-order valence-electron chi connectivity index (χ0n) is 22.8. The van der Waals surface area contributed by atoms with E-state index in [1.807, 2.05) is 20.8 Å². The van der Waals surface area contributed by atoms with E-state index < -0.39 is 47.2 Å². The molecule has 1 aromatic carbocycles. The summed E-state index contributed by atoms with van der Waals surface area (Å²) in [6, 6.07) is 2.80. The third-order valence-corrected chi connectivity index (χ3v) is 7.75. The first kappa shape index (κ1) is 30.6. The van der Waals surface area contributed by atoms with Crippen molar-refractivity contribution < 1.29 is 28.3 Å². The van der Waals surface area contributed by atoms with Crippen LogP contribution >= 0.6 is 23.2 Å². The van der Waals surface area contributed by atoms with Gasteiger partial charge >= 0.3 is 5.97 Å². The highest BCUT2D eigenvalue weighted by Crippen LogP contribution is 2.37. The molecule has 0 saturated heterocycles. The minimum Gasteiger partial charge on any atom is -0.481 e. The Labute approximate surface area is 246 Å². The number of nitrogens with zero attached hydrogens (tertiary/aromatic N) is 4. The lowest BCUT2D eigenvalue weighted by molar-refractivity contribution is -0.143. The monoisotopic (exact) mass is 606 g/mol. The van der Waals surface area contributed by atoms with Gasteiger partial charge in [0.1, 0.15) is 11.6 Å². The van der Waals surface area contributed by atoms with Gasteiger partial charge in [0, 0.05) is 30.4 Å².